The fourth-order valence-corrected chi connectivity index (χ4v) is 1.41. The number of nitriles is 1. The highest BCUT2D eigenvalue weighted by Crippen LogP contribution is 2.16. The van der Waals surface area contributed by atoms with Crippen LogP contribution in [0.2, 0.25) is 5.02 Å². The van der Waals surface area contributed by atoms with E-state index in [4.69, 9.17) is 16.9 Å². The Balaban J connectivity index is 2.77. The minimum absolute atomic E-state index is 0.104. The molecule has 0 saturated heterocycles. The van der Waals surface area contributed by atoms with E-state index in [1.54, 1.807) is 6.07 Å². The van der Waals surface area contributed by atoms with Crippen LogP contribution in [0.3, 0.4) is 0 Å². The predicted molar refractivity (Wildman–Crippen MR) is 58.1 cm³/mol. The molecule has 0 fully saturated rings. The average Bonchev–Trinajstić information content (AvgIpc) is 2.23. The lowest BCUT2D eigenvalue weighted by Gasteiger charge is -2.16. The first-order chi connectivity index (χ1) is 7.54. The Morgan fingerprint density at radius 2 is 2.31 bits per heavy atom. The van der Waals surface area contributed by atoms with Gasteiger partial charge in [0.05, 0.1) is 6.07 Å². The third-order valence-electron chi connectivity index (χ3n) is 2.07. The van der Waals surface area contributed by atoms with Crippen LogP contribution in [0.15, 0.2) is 18.2 Å². The van der Waals surface area contributed by atoms with Crippen molar-refractivity contribution in [3.8, 4) is 6.07 Å². The fraction of sp³-hybridized carbons (Fsp3) is 0.273. The smallest absolute Gasteiger partial charge is 0.236 e. The maximum atomic E-state index is 13.3. The summed E-state index contributed by atoms with van der Waals surface area (Å²) in [7, 11) is 1.51. The zero-order valence-electron chi connectivity index (χ0n) is 8.70. The van der Waals surface area contributed by atoms with Gasteiger partial charge in [0, 0.05) is 24.2 Å². The summed E-state index contributed by atoms with van der Waals surface area (Å²) in [6.07, 6.45) is -0.210. The van der Waals surface area contributed by atoms with E-state index in [0.29, 0.717) is 10.6 Å². The number of carbonyl (C=O) groups excluding carboxylic acids is 1. The van der Waals surface area contributed by atoms with Crippen LogP contribution in [-0.4, -0.2) is 17.9 Å². The number of halogens is 2. The van der Waals surface area contributed by atoms with Crippen LogP contribution < -0.4 is 0 Å². The predicted octanol–water partition coefficient (Wildman–Crippen LogP) is 2.35. The molecule has 0 aliphatic heterocycles. The molecule has 0 bridgehead atoms. The van der Waals surface area contributed by atoms with E-state index < -0.39 is 5.82 Å². The zero-order valence-corrected chi connectivity index (χ0v) is 9.46. The molecule has 5 heteroatoms. The lowest BCUT2D eigenvalue weighted by molar-refractivity contribution is -0.129. The van der Waals surface area contributed by atoms with Gasteiger partial charge in [0.2, 0.25) is 5.91 Å². The first-order valence-electron chi connectivity index (χ1n) is 4.59. The van der Waals surface area contributed by atoms with Crippen LogP contribution in [0.1, 0.15) is 12.0 Å². The molecule has 0 aromatic heterocycles. The number of amides is 1. The Morgan fingerprint density at radius 3 is 2.94 bits per heavy atom. The van der Waals surface area contributed by atoms with Crippen LogP contribution in [0.4, 0.5) is 4.39 Å². The van der Waals surface area contributed by atoms with Gasteiger partial charge in [0.15, 0.2) is 0 Å². The van der Waals surface area contributed by atoms with E-state index in [9.17, 15) is 9.18 Å². The first kappa shape index (κ1) is 12.5. The molecule has 0 spiro atoms. The molecule has 0 radical (unpaired) electrons. The number of benzene rings is 1. The molecule has 0 saturated carbocycles. The zero-order chi connectivity index (χ0) is 12.1. The quantitative estimate of drug-likeness (QED) is 0.814. The Morgan fingerprint density at radius 1 is 1.62 bits per heavy atom. The van der Waals surface area contributed by atoms with Crippen LogP contribution in [0, 0.1) is 17.1 Å². The van der Waals surface area contributed by atoms with Crippen molar-refractivity contribution in [1.82, 2.24) is 4.90 Å². The number of carbonyl (C=O) groups is 1. The summed E-state index contributed by atoms with van der Waals surface area (Å²) in [4.78, 5) is 12.6. The third kappa shape index (κ3) is 3.21. The summed E-state index contributed by atoms with van der Waals surface area (Å²) in [5, 5.41) is 8.77. The topological polar surface area (TPSA) is 44.1 Å². The van der Waals surface area contributed by atoms with Crippen LogP contribution in [0.5, 0.6) is 0 Å². The van der Waals surface area contributed by atoms with Gasteiger partial charge in [-0.2, -0.15) is 5.26 Å². The van der Waals surface area contributed by atoms with Gasteiger partial charge in [-0.05, 0) is 18.2 Å². The van der Waals surface area contributed by atoms with E-state index in [2.05, 4.69) is 0 Å². The highest BCUT2D eigenvalue weighted by molar-refractivity contribution is 6.30. The highest BCUT2D eigenvalue weighted by Gasteiger charge is 2.11. The van der Waals surface area contributed by atoms with E-state index in [0.717, 1.165) is 0 Å². The van der Waals surface area contributed by atoms with Gasteiger partial charge >= 0.3 is 0 Å². The lowest BCUT2D eigenvalue weighted by Crippen LogP contribution is -2.25. The van der Waals surface area contributed by atoms with E-state index in [1.807, 2.05) is 0 Å². The van der Waals surface area contributed by atoms with Crippen molar-refractivity contribution in [3.63, 3.8) is 0 Å². The van der Waals surface area contributed by atoms with E-state index in [-0.39, 0.29) is 18.9 Å². The Kier molecular flexibility index (Phi) is 4.27. The highest BCUT2D eigenvalue weighted by atomic mass is 35.5. The average molecular weight is 241 g/mol. The van der Waals surface area contributed by atoms with Crippen molar-refractivity contribution in [3.05, 3.63) is 34.6 Å². The van der Waals surface area contributed by atoms with Crippen LogP contribution in [0.25, 0.3) is 0 Å². The van der Waals surface area contributed by atoms with Crippen molar-refractivity contribution >= 4 is 17.5 Å². The van der Waals surface area contributed by atoms with Gasteiger partial charge in [-0.1, -0.05) is 11.6 Å². The van der Waals surface area contributed by atoms with Gasteiger partial charge < -0.3 is 4.90 Å². The first-order valence-corrected chi connectivity index (χ1v) is 4.97. The summed E-state index contributed by atoms with van der Waals surface area (Å²) in [6, 6.07) is 5.91. The Labute approximate surface area is 98.0 Å². The van der Waals surface area contributed by atoms with Crippen molar-refractivity contribution in [2.24, 2.45) is 0 Å². The summed E-state index contributed by atoms with van der Waals surface area (Å²) in [5.41, 5.74) is 0.335. The maximum Gasteiger partial charge on any atom is 0.236 e. The second kappa shape index (κ2) is 5.47. The fourth-order valence-electron chi connectivity index (χ4n) is 1.21. The normalized spacial score (nSPS) is 9.62. The van der Waals surface area contributed by atoms with Gasteiger partial charge in [-0.25, -0.2) is 4.39 Å². The summed E-state index contributed by atoms with van der Waals surface area (Å²) in [5.74, 6) is -0.761. The van der Waals surface area contributed by atoms with Gasteiger partial charge in [0.1, 0.15) is 12.2 Å². The molecule has 1 rings (SSSR count). The molecule has 84 valence electrons. The van der Waals surface area contributed by atoms with Crippen LogP contribution in [-0.2, 0) is 11.3 Å². The molecule has 0 atom stereocenters. The number of rotatable bonds is 3. The number of hydrogen-bond acceptors (Lipinski definition) is 2. The molecule has 0 aliphatic carbocycles. The third-order valence-corrected chi connectivity index (χ3v) is 2.31. The molecule has 0 N–H and O–H groups in total. The number of hydrogen-bond donors (Lipinski definition) is 0. The van der Waals surface area contributed by atoms with Crippen molar-refractivity contribution in [2.75, 3.05) is 7.05 Å². The summed E-state index contributed by atoms with van der Waals surface area (Å²) < 4.78 is 13.3. The second-order valence-corrected chi connectivity index (χ2v) is 3.76. The molecule has 0 aliphatic rings. The summed E-state index contributed by atoms with van der Waals surface area (Å²) in [6.45, 7) is 0.104. The molecule has 16 heavy (non-hydrogen) atoms. The molecular formula is C11H10ClFN2O. The minimum Gasteiger partial charge on any atom is -0.340 e. The summed E-state index contributed by atoms with van der Waals surface area (Å²) >= 11 is 5.72. The van der Waals surface area contributed by atoms with E-state index in [1.165, 1.54) is 30.1 Å². The molecule has 1 amide bonds. The molecule has 0 heterocycles. The van der Waals surface area contributed by atoms with Gasteiger partial charge in [-0.3, -0.25) is 4.79 Å². The molecule has 3 nitrogen and oxygen atoms in total. The Bertz CT molecular complexity index is 442. The number of nitrogens with zero attached hydrogens (tertiary/aromatic N) is 2. The van der Waals surface area contributed by atoms with Crippen molar-refractivity contribution < 1.29 is 9.18 Å². The molecule has 1 aromatic carbocycles. The molecule has 0 unspecified atom stereocenters. The second-order valence-electron chi connectivity index (χ2n) is 3.32. The minimum atomic E-state index is -0.416. The lowest BCUT2D eigenvalue weighted by atomic mass is 10.2. The standard InChI is InChI=1S/C11H10ClFN2O/c1-15(11(16)4-5-14)7-8-6-9(12)2-3-10(8)13/h2-3,6H,4,7H2,1H3. The van der Waals surface area contributed by atoms with Gasteiger partial charge in [0.25, 0.3) is 0 Å². The largest absolute Gasteiger partial charge is 0.340 e. The van der Waals surface area contributed by atoms with Crippen molar-refractivity contribution in [1.29, 1.82) is 5.26 Å². The van der Waals surface area contributed by atoms with Crippen molar-refractivity contribution in [2.45, 2.75) is 13.0 Å². The molecule has 1 aromatic rings. The maximum absolute atomic E-state index is 13.3. The van der Waals surface area contributed by atoms with Crippen LogP contribution >= 0.6 is 11.6 Å². The molecular weight excluding hydrogens is 231 g/mol. The monoisotopic (exact) mass is 240 g/mol. The van der Waals surface area contributed by atoms with Gasteiger partial charge in [-0.15, -0.1) is 0 Å². The SMILES string of the molecule is CN(Cc1cc(Cl)ccc1F)C(=O)CC#N. The Hall–Kier alpha value is -1.60. The van der Waals surface area contributed by atoms with E-state index >= 15 is 0 Å².